The quantitative estimate of drug-likeness (QED) is 0.811. The number of rotatable bonds is 4. The van der Waals surface area contributed by atoms with Crippen LogP contribution in [0.1, 0.15) is 35.9 Å². The number of carbonyl (C=O) groups excluding carboxylic acids is 1. The Labute approximate surface area is 132 Å². The number of carbonyl (C=O) groups is 1. The van der Waals surface area contributed by atoms with Gasteiger partial charge in [-0.1, -0.05) is 12.1 Å². The summed E-state index contributed by atoms with van der Waals surface area (Å²) in [5.74, 6) is -0.311. The van der Waals surface area contributed by atoms with E-state index in [1.165, 1.54) is 12.1 Å². The van der Waals surface area contributed by atoms with E-state index in [0.29, 0.717) is 12.2 Å². The number of nitrogens with zero attached hydrogens (tertiary/aromatic N) is 2. The molecule has 2 rings (SSSR count). The van der Waals surface area contributed by atoms with Crippen LogP contribution in [0.4, 0.5) is 4.39 Å². The summed E-state index contributed by atoms with van der Waals surface area (Å²) in [7, 11) is 1.84. The zero-order valence-electron chi connectivity index (χ0n) is 12.3. The van der Waals surface area contributed by atoms with Crippen molar-refractivity contribution in [2.45, 2.75) is 19.9 Å². The first-order chi connectivity index (χ1) is 9.93. The van der Waals surface area contributed by atoms with Crippen molar-refractivity contribution in [1.82, 2.24) is 9.47 Å². The number of halogens is 2. The predicted octanol–water partition coefficient (Wildman–Crippen LogP) is 4.15. The summed E-state index contributed by atoms with van der Waals surface area (Å²) in [5, 5.41) is 0. The van der Waals surface area contributed by atoms with Crippen LogP contribution in [0, 0.1) is 5.82 Å². The first-order valence-electron chi connectivity index (χ1n) is 6.82. The predicted molar refractivity (Wildman–Crippen MR) is 84.6 cm³/mol. The Morgan fingerprint density at radius 2 is 2.00 bits per heavy atom. The number of benzene rings is 1. The summed E-state index contributed by atoms with van der Waals surface area (Å²) in [6.07, 6.45) is 1.85. The van der Waals surface area contributed by atoms with Gasteiger partial charge in [-0.3, -0.25) is 4.79 Å². The summed E-state index contributed by atoms with van der Waals surface area (Å²) in [4.78, 5) is 14.5. The number of aryl methyl sites for hydroxylation is 1. The molecule has 1 aromatic carbocycles. The summed E-state index contributed by atoms with van der Waals surface area (Å²) < 4.78 is 15.7. The fourth-order valence-electron chi connectivity index (χ4n) is 2.40. The molecule has 0 aliphatic heterocycles. The lowest BCUT2D eigenvalue weighted by Gasteiger charge is -2.28. The van der Waals surface area contributed by atoms with Gasteiger partial charge in [0.15, 0.2) is 0 Å². The highest BCUT2D eigenvalue weighted by molar-refractivity contribution is 9.10. The molecule has 0 aliphatic carbocycles. The lowest BCUT2D eigenvalue weighted by Crippen LogP contribution is -2.34. The van der Waals surface area contributed by atoms with Gasteiger partial charge in [-0.05, 0) is 53.5 Å². The molecule has 1 aromatic heterocycles. The maximum absolute atomic E-state index is 13.0. The second-order valence-corrected chi connectivity index (χ2v) is 5.89. The number of hydrogen-bond donors (Lipinski definition) is 0. The van der Waals surface area contributed by atoms with Crippen LogP contribution in [0.5, 0.6) is 0 Å². The lowest BCUT2D eigenvalue weighted by molar-refractivity contribution is 0.0692. The first-order valence-corrected chi connectivity index (χ1v) is 7.61. The molecule has 1 amide bonds. The highest BCUT2D eigenvalue weighted by Crippen LogP contribution is 2.24. The van der Waals surface area contributed by atoms with E-state index in [9.17, 15) is 9.18 Å². The monoisotopic (exact) mass is 352 g/mol. The Bertz CT molecular complexity index is 636. The summed E-state index contributed by atoms with van der Waals surface area (Å²) >= 11 is 3.38. The van der Waals surface area contributed by atoms with Crippen LogP contribution >= 0.6 is 15.9 Å². The maximum atomic E-state index is 13.0. The van der Waals surface area contributed by atoms with Crippen LogP contribution in [-0.2, 0) is 7.05 Å². The zero-order valence-corrected chi connectivity index (χ0v) is 13.9. The normalized spacial score (nSPS) is 12.2. The number of hydrogen-bond acceptors (Lipinski definition) is 1. The van der Waals surface area contributed by atoms with Crippen LogP contribution in [0.2, 0.25) is 0 Å². The third kappa shape index (κ3) is 3.35. The van der Waals surface area contributed by atoms with Gasteiger partial charge in [0.25, 0.3) is 5.91 Å². The zero-order chi connectivity index (χ0) is 15.6. The van der Waals surface area contributed by atoms with Crippen LogP contribution in [0.3, 0.4) is 0 Å². The van der Waals surface area contributed by atoms with Crippen molar-refractivity contribution in [1.29, 1.82) is 0 Å². The van der Waals surface area contributed by atoms with E-state index >= 15 is 0 Å². The molecule has 1 heterocycles. The minimum atomic E-state index is -0.272. The third-order valence-corrected chi connectivity index (χ3v) is 4.05. The number of aromatic nitrogens is 1. The van der Waals surface area contributed by atoms with Crippen molar-refractivity contribution in [2.24, 2.45) is 7.05 Å². The van der Waals surface area contributed by atoms with Gasteiger partial charge in [-0.2, -0.15) is 0 Å². The van der Waals surface area contributed by atoms with E-state index in [1.54, 1.807) is 21.6 Å². The van der Waals surface area contributed by atoms with E-state index in [2.05, 4.69) is 15.9 Å². The van der Waals surface area contributed by atoms with Crippen molar-refractivity contribution in [3.63, 3.8) is 0 Å². The Morgan fingerprint density at radius 3 is 2.48 bits per heavy atom. The third-order valence-electron chi connectivity index (χ3n) is 3.61. The molecule has 1 unspecified atom stereocenters. The molecule has 3 nitrogen and oxygen atoms in total. The van der Waals surface area contributed by atoms with Gasteiger partial charge in [0.05, 0.1) is 6.04 Å². The smallest absolute Gasteiger partial charge is 0.270 e. The van der Waals surface area contributed by atoms with Gasteiger partial charge >= 0.3 is 0 Å². The van der Waals surface area contributed by atoms with Crippen LogP contribution in [-0.4, -0.2) is 21.9 Å². The average Bonchev–Trinajstić information content (AvgIpc) is 2.79. The molecule has 21 heavy (non-hydrogen) atoms. The van der Waals surface area contributed by atoms with Gasteiger partial charge in [0, 0.05) is 24.3 Å². The molecule has 5 heteroatoms. The molecular weight excluding hydrogens is 335 g/mol. The molecule has 0 radical (unpaired) electrons. The van der Waals surface area contributed by atoms with Crippen LogP contribution in [0.15, 0.2) is 41.0 Å². The van der Waals surface area contributed by atoms with Crippen molar-refractivity contribution in [2.75, 3.05) is 6.54 Å². The average molecular weight is 353 g/mol. The van der Waals surface area contributed by atoms with E-state index in [-0.39, 0.29) is 17.8 Å². The van der Waals surface area contributed by atoms with Gasteiger partial charge in [-0.15, -0.1) is 0 Å². The Kier molecular flexibility index (Phi) is 4.83. The molecule has 0 spiro atoms. The highest BCUT2D eigenvalue weighted by Gasteiger charge is 2.23. The topological polar surface area (TPSA) is 25.2 Å². The molecule has 0 saturated carbocycles. The van der Waals surface area contributed by atoms with Crippen LogP contribution < -0.4 is 0 Å². The standard InChI is InChI=1S/C16H18BrFN2O/c1-4-20(11(2)12-5-7-14(18)8-6-12)16(21)15-9-13(17)10-19(15)3/h5-11H,4H2,1-3H3. The van der Waals surface area contributed by atoms with E-state index < -0.39 is 0 Å². The molecule has 112 valence electrons. The van der Waals surface area contributed by atoms with E-state index in [4.69, 9.17) is 0 Å². The van der Waals surface area contributed by atoms with Gasteiger partial charge in [-0.25, -0.2) is 4.39 Å². The molecule has 1 atom stereocenters. The molecule has 0 fully saturated rings. The largest absolute Gasteiger partial charge is 0.345 e. The minimum Gasteiger partial charge on any atom is -0.345 e. The highest BCUT2D eigenvalue weighted by atomic mass is 79.9. The van der Waals surface area contributed by atoms with Gasteiger partial charge in [0.2, 0.25) is 0 Å². The van der Waals surface area contributed by atoms with Gasteiger partial charge < -0.3 is 9.47 Å². The molecule has 0 bridgehead atoms. The molecular formula is C16H18BrFN2O. The molecule has 2 aromatic rings. The lowest BCUT2D eigenvalue weighted by atomic mass is 10.1. The van der Waals surface area contributed by atoms with Crippen molar-refractivity contribution >= 4 is 21.8 Å². The maximum Gasteiger partial charge on any atom is 0.270 e. The second kappa shape index (κ2) is 6.43. The SMILES string of the molecule is CCN(C(=O)c1cc(Br)cn1C)C(C)c1ccc(F)cc1. The van der Waals surface area contributed by atoms with E-state index in [1.807, 2.05) is 33.2 Å². The van der Waals surface area contributed by atoms with E-state index in [0.717, 1.165) is 10.0 Å². The Balaban J connectivity index is 2.28. The van der Waals surface area contributed by atoms with Crippen molar-refractivity contribution in [3.8, 4) is 0 Å². The molecule has 0 N–H and O–H groups in total. The Hall–Kier alpha value is -1.62. The molecule has 0 aliphatic rings. The summed E-state index contributed by atoms with van der Waals surface area (Å²) in [5.41, 5.74) is 1.54. The Morgan fingerprint density at radius 1 is 1.38 bits per heavy atom. The minimum absolute atomic E-state index is 0.0393. The van der Waals surface area contributed by atoms with Crippen molar-refractivity contribution in [3.05, 3.63) is 58.1 Å². The summed E-state index contributed by atoms with van der Waals surface area (Å²) in [6, 6.07) is 7.97. The summed E-state index contributed by atoms with van der Waals surface area (Å²) in [6.45, 7) is 4.47. The van der Waals surface area contributed by atoms with Gasteiger partial charge in [0.1, 0.15) is 11.5 Å². The first kappa shape index (κ1) is 15.8. The molecule has 0 saturated heterocycles. The number of amides is 1. The fraction of sp³-hybridized carbons (Fsp3) is 0.312. The second-order valence-electron chi connectivity index (χ2n) is 4.97. The van der Waals surface area contributed by atoms with Crippen molar-refractivity contribution < 1.29 is 9.18 Å². The fourth-order valence-corrected chi connectivity index (χ4v) is 2.92. The van der Waals surface area contributed by atoms with Crippen LogP contribution in [0.25, 0.3) is 0 Å².